The lowest BCUT2D eigenvalue weighted by molar-refractivity contribution is 0.0600. The number of methoxy groups -OCH3 is 2. The van der Waals surface area contributed by atoms with Crippen LogP contribution in [0.1, 0.15) is 38.1 Å². The van der Waals surface area contributed by atoms with Crippen molar-refractivity contribution in [3.05, 3.63) is 22.7 Å². The Morgan fingerprint density at radius 3 is 2.21 bits per heavy atom. The van der Waals surface area contributed by atoms with Crippen LogP contribution in [0.5, 0.6) is 11.5 Å². The molecule has 1 rings (SSSR count). The first-order valence-electron chi connectivity index (χ1n) is 6.12. The second-order valence-corrected chi connectivity index (χ2v) is 4.05. The topological polar surface area (TPSA) is 44.8 Å². The average Bonchev–Trinajstić information content (AvgIpc) is 2.39. The summed E-state index contributed by atoms with van der Waals surface area (Å²) < 4.78 is 15.3. The van der Waals surface area contributed by atoms with Crippen molar-refractivity contribution in [2.45, 2.75) is 33.8 Å². The molecule has 0 fully saturated rings. The van der Waals surface area contributed by atoms with Crippen molar-refractivity contribution in [1.29, 1.82) is 0 Å². The molecule has 0 amide bonds. The highest BCUT2D eigenvalue weighted by atomic mass is 35.5. The van der Waals surface area contributed by atoms with E-state index in [1.807, 2.05) is 27.7 Å². The van der Waals surface area contributed by atoms with Crippen molar-refractivity contribution < 1.29 is 19.0 Å². The van der Waals surface area contributed by atoms with E-state index in [2.05, 4.69) is 4.74 Å². The molecule has 1 aromatic carbocycles. The normalized spacial score (nSPS) is 9.47. The predicted octanol–water partition coefficient (Wildman–Crippen LogP) is 3.95. The number of esters is 1. The molecule has 0 N–H and O–H groups in total. The van der Waals surface area contributed by atoms with Crippen molar-refractivity contribution in [2.24, 2.45) is 0 Å². The van der Waals surface area contributed by atoms with Crippen LogP contribution in [-0.2, 0) is 4.74 Å². The number of halogens is 1. The van der Waals surface area contributed by atoms with Gasteiger partial charge in [-0.2, -0.15) is 0 Å². The Hall–Kier alpha value is -1.42. The third kappa shape index (κ3) is 4.99. The van der Waals surface area contributed by atoms with Crippen molar-refractivity contribution in [2.75, 3.05) is 14.2 Å². The summed E-state index contributed by atoms with van der Waals surface area (Å²) >= 11 is 6.01. The molecule has 0 heterocycles. The van der Waals surface area contributed by atoms with E-state index < -0.39 is 5.97 Å². The third-order valence-electron chi connectivity index (χ3n) is 2.00. The Kier molecular flexibility index (Phi) is 8.00. The minimum absolute atomic E-state index is 0.0483. The Balaban J connectivity index is 0.00000154. The van der Waals surface area contributed by atoms with Crippen LogP contribution in [0.25, 0.3) is 0 Å². The fraction of sp³-hybridized carbons (Fsp3) is 0.500. The van der Waals surface area contributed by atoms with Crippen molar-refractivity contribution in [1.82, 2.24) is 0 Å². The van der Waals surface area contributed by atoms with E-state index in [0.717, 1.165) is 0 Å². The van der Waals surface area contributed by atoms with Gasteiger partial charge in [-0.3, -0.25) is 0 Å². The Labute approximate surface area is 119 Å². The molecular formula is C14H21ClO4. The van der Waals surface area contributed by atoms with E-state index in [1.165, 1.54) is 20.3 Å². The van der Waals surface area contributed by atoms with E-state index in [4.69, 9.17) is 21.1 Å². The van der Waals surface area contributed by atoms with E-state index in [-0.39, 0.29) is 6.10 Å². The Bertz CT molecular complexity index is 416. The van der Waals surface area contributed by atoms with Gasteiger partial charge in [-0.05, 0) is 26.0 Å². The van der Waals surface area contributed by atoms with Crippen molar-refractivity contribution >= 4 is 17.6 Å². The van der Waals surface area contributed by atoms with E-state index in [0.29, 0.717) is 22.1 Å². The number of rotatable bonds is 4. The quantitative estimate of drug-likeness (QED) is 0.787. The summed E-state index contributed by atoms with van der Waals surface area (Å²) in [4.78, 5) is 11.4. The van der Waals surface area contributed by atoms with Gasteiger partial charge in [-0.1, -0.05) is 25.4 Å². The van der Waals surface area contributed by atoms with Gasteiger partial charge >= 0.3 is 5.97 Å². The molecule has 0 bridgehead atoms. The van der Waals surface area contributed by atoms with Gasteiger partial charge in [0.2, 0.25) is 0 Å². The lowest BCUT2D eigenvalue weighted by Crippen LogP contribution is -2.09. The van der Waals surface area contributed by atoms with Crippen LogP contribution >= 0.6 is 11.6 Å². The molecule has 1 aromatic rings. The molecule has 108 valence electrons. The molecule has 0 saturated heterocycles. The van der Waals surface area contributed by atoms with Crippen LogP contribution in [0.15, 0.2) is 12.1 Å². The molecule has 0 aromatic heterocycles. The van der Waals surface area contributed by atoms with Crippen molar-refractivity contribution in [3.8, 4) is 11.5 Å². The minimum atomic E-state index is -0.469. The number of hydrogen-bond acceptors (Lipinski definition) is 4. The number of hydrogen-bond donors (Lipinski definition) is 0. The molecular weight excluding hydrogens is 268 g/mol. The van der Waals surface area contributed by atoms with Gasteiger partial charge in [0.15, 0.2) is 11.5 Å². The van der Waals surface area contributed by atoms with Gasteiger partial charge in [0, 0.05) is 0 Å². The standard InChI is InChI=1S/C12H15ClO4.C2H6/c1-7(2)17-10-6-8(12(14)16-4)5-9(13)11(10)15-3;1-2/h5-7H,1-4H3;1-2H3. The molecule has 0 aliphatic rings. The van der Waals surface area contributed by atoms with Gasteiger partial charge in [-0.15, -0.1) is 0 Å². The molecule has 0 aliphatic heterocycles. The average molecular weight is 289 g/mol. The SMILES string of the molecule is CC.COC(=O)c1cc(Cl)c(OC)c(OC(C)C)c1. The van der Waals surface area contributed by atoms with Crippen LogP contribution in [0.3, 0.4) is 0 Å². The first-order valence-corrected chi connectivity index (χ1v) is 6.50. The van der Waals surface area contributed by atoms with Crippen LogP contribution in [0.4, 0.5) is 0 Å². The van der Waals surface area contributed by atoms with Crippen LogP contribution in [0, 0.1) is 0 Å². The van der Waals surface area contributed by atoms with Gasteiger partial charge in [0.25, 0.3) is 0 Å². The largest absolute Gasteiger partial charge is 0.491 e. The van der Waals surface area contributed by atoms with Crippen LogP contribution in [0.2, 0.25) is 5.02 Å². The number of carbonyl (C=O) groups is 1. The lowest BCUT2D eigenvalue weighted by Gasteiger charge is -2.15. The molecule has 0 unspecified atom stereocenters. The second kappa shape index (κ2) is 8.64. The highest BCUT2D eigenvalue weighted by Crippen LogP contribution is 2.36. The minimum Gasteiger partial charge on any atom is -0.491 e. The zero-order valence-corrected chi connectivity index (χ0v) is 13.0. The van der Waals surface area contributed by atoms with Gasteiger partial charge in [-0.25, -0.2) is 4.79 Å². The summed E-state index contributed by atoms with van der Waals surface area (Å²) in [5.41, 5.74) is 0.328. The molecule has 0 atom stereocenters. The Morgan fingerprint density at radius 2 is 1.79 bits per heavy atom. The summed E-state index contributed by atoms with van der Waals surface area (Å²) in [7, 11) is 2.80. The smallest absolute Gasteiger partial charge is 0.338 e. The summed E-state index contributed by atoms with van der Waals surface area (Å²) in [5.74, 6) is 0.367. The maximum atomic E-state index is 11.4. The summed E-state index contributed by atoms with van der Waals surface area (Å²) in [5, 5.41) is 0.311. The zero-order chi connectivity index (χ0) is 15.0. The van der Waals surface area contributed by atoms with E-state index >= 15 is 0 Å². The van der Waals surface area contributed by atoms with Gasteiger partial charge < -0.3 is 14.2 Å². The number of benzene rings is 1. The Morgan fingerprint density at radius 1 is 1.21 bits per heavy atom. The zero-order valence-electron chi connectivity index (χ0n) is 12.2. The lowest BCUT2D eigenvalue weighted by atomic mass is 10.2. The van der Waals surface area contributed by atoms with Gasteiger partial charge in [0.1, 0.15) is 0 Å². The highest BCUT2D eigenvalue weighted by Gasteiger charge is 2.16. The monoisotopic (exact) mass is 288 g/mol. The summed E-state index contributed by atoms with van der Waals surface area (Å²) in [6, 6.07) is 3.04. The molecule has 19 heavy (non-hydrogen) atoms. The summed E-state index contributed by atoms with van der Waals surface area (Å²) in [6.45, 7) is 7.75. The highest BCUT2D eigenvalue weighted by molar-refractivity contribution is 6.32. The number of ether oxygens (including phenoxy) is 3. The van der Waals surface area contributed by atoms with Crippen LogP contribution < -0.4 is 9.47 Å². The summed E-state index contributed by atoms with van der Waals surface area (Å²) in [6.07, 6.45) is -0.0483. The van der Waals surface area contributed by atoms with E-state index in [1.54, 1.807) is 6.07 Å². The fourth-order valence-electron chi connectivity index (χ4n) is 1.34. The predicted molar refractivity (Wildman–Crippen MR) is 76.5 cm³/mol. The molecule has 0 aliphatic carbocycles. The van der Waals surface area contributed by atoms with Crippen molar-refractivity contribution in [3.63, 3.8) is 0 Å². The first kappa shape index (κ1) is 17.6. The second-order valence-electron chi connectivity index (χ2n) is 3.65. The van der Waals surface area contributed by atoms with Gasteiger partial charge in [0.05, 0.1) is 30.9 Å². The fourth-order valence-corrected chi connectivity index (χ4v) is 1.63. The first-order chi connectivity index (χ1) is 8.99. The third-order valence-corrected chi connectivity index (χ3v) is 2.28. The molecule has 5 heteroatoms. The number of carbonyl (C=O) groups excluding carboxylic acids is 1. The van der Waals surface area contributed by atoms with E-state index in [9.17, 15) is 4.79 Å². The molecule has 4 nitrogen and oxygen atoms in total. The molecule has 0 radical (unpaired) electrons. The van der Waals surface area contributed by atoms with Crippen LogP contribution in [-0.4, -0.2) is 26.3 Å². The molecule has 0 spiro atoms. The maximum absolute atomic E-state index is 11.4. The molecule has 0 saturated carbocycles. The maximum Gasteiger partial charge on any atom is 0.338 e.